The molecule has 1 N–H and O–H groups in total. The molecule has 0 aromatic rings. The number of carbonyl (C=O) groups excluding carboxylic acids is 3. The van der Waals surface area contributed by atoms with Gasteiger partial charge in [-0.1, -0.05) is 19.3 Å². The van der Waals surface area contributed by atoms with Gasteiger partial charge in [0.25, 0.3) is 0 Å². The van der Waals surface area contributed by atoms with Gasteiger partial charge in [-0.05, 0) is 18.8 Å². The Balaban J connectivity index is 1.68. The van der Waals surface area contributed by atoms with Crippen LogP contribution in [-0.2, 0) is 19.1 Å². The second-order valence-electron chi connectivity index (χ2n) is 4.80. The third-order valence-electron chi connectivity index (χ3n) is 3.35. The summed E-state index contributed by atoms with van der Waals surface area (Å²) in [5.74, 6) is -0.743. The van der Waals surface area contributed by atoms with Crippen molar-refractivity contribution in [3.8, 4) is 0 Å². The van der Waals surface area contributed by atoms with E-state index in [2.05, 4.69) is 10.1 Å². The molecule has 0 aromatic heterocycles. The van der Waals surface area contributed by atoms with E-state index >= 15 is 0 Å². The van der Waals surface area contributed by atoms with Gasteiger partial charge >= 0.3 is 18.0 Å². The first-order valence-electron chi connectivity index (χ1n) is 6.33. The zero-order chi connectivity index (χ0) is 13.0. The Labute approximate surface area is 105 Å². The molecule has 2 rings (SSSR count). The molecule has 1 atom stereocenters. The smallest absolute Gasteiger partial charge is 0.415 e. The molecule has 6 nitrogen and oxygen atoms in total. The molecule has 100 valence electrons. The van der Waals surface area contributed by atoms with Gasteiger partial charge in [0.1, 0.15) is 6.04 Å². The number of alkyl carbamates (subject to hydrolysis) is 1. The Morgan fingerprint density at radius 3 is 2.61 bits per heavy atom. The maximum atomic E-state index is 11.5. The summed E-state index contributed by atoms with van der Waals surface area (Å²) in [6.07, 6.45) is 4.86. The van der Waals surface area contributed by atoms with E-state index in [1.54, 1.807) is 0 Å². The molecule has 0 spiro atoms. The van der Waals surface area contributed by atoms with Crippen LogP contribution in [0.1, 0.15) is 38.5 Å². The van der Waals surface area contributed by atoms with Gasteiger partial charge < -0.3 is 14.8 Å². The number of cyclic esters (lactones) is 2. The van der Waals surface area contributed by atoms with Crippen molar-refractivity contribution < 1.29 is 23.9 Å². The van der Waals surface area contributed by atoms with Gasteiger partial charge in [0.15, 0.2) is 0 Å². The molecule has 0 radical (unpaired) electrons. The predicted octanol–water partition coefficient (Wildman–Crippen LogP) is 1.13. The summed E-state index contributed by atoms with van der Waals surface area (Å²) in [7, 11) is 0. The van der Waals surface area contributed by atoms with E-state index in [1.807, 2.05) is 0 Å². The van der Waals surface area contributed by atoms with Gasteiger partial charge in [0.05, 0.1) is 13.0 Å². The highest BCUT2D eigenvalue weighted by molar-refractivity contribution is 5.97. The average Bonchev–Trinajstić information content (AvgIpc) is 2.67. The van der Waals surface area contributed by atoms with Crippen LogP contribution in [0.2, 0.25) is 0 Å². The summed E-state index contributed by atoms with van der Waals surface area (Å²) >= 11 is 0. The number of nitrogens with one attached hydrogen (secondary N) is 1. The minimum atomic E-state index is -0.892. The van der Waals surface area contributed by atoms with E-state index in [1.165, 1.54) is 19.3 Å². The van der Waals surface area contributed by atoms with Crippen molar-refractivity contribution in [2.75, 3.05) is 6.61 Å². The van der Waals surface area contributed by atoms with Crippen LogP contribution >= 0.6 is 0 Å². The van der Waals surface area contributed by atoms with Crippen LogP contribution in [0.25, 0.3) is 0 Å². The molecule has 1 aliphatic heterocycles. The Morgan fingerprint density at radius 1 is 1.28 bits per heavy atom. The van der Waals surface area contributed by atoms with Crippen LogP contribution < -0.4 is 5.32 Å². The second kappa shape index (κ2) is 5.84. The molecule has 18 heavy (non-hydrogen) atoms. The molecule has 1 saturated carbocycles. The minimum absolute atomic E-state index is 0.155. The number of ether oxygens (including phenoxy) is 2. The van der Waals surface area contributed by atoms with E-state index < -0.39 is 24.1 Å². The van der Waals surface area contributed by atoms with Crippen molar-refractivity contribution >= 4 is 18.0 Å². The number of esters is 2. The summed E-state index contributed by atoms with van der Waals surface area (Å²) in [6, 6.07) is -0.892. The zero-order valence-corrected chi connectivity index (χ0v) is 10.1. The molecule has 1 saturated heterocycles. The van der Waals surface area contributed by atoms with Crippen LogP contribution in [0.5, 0.6) is 0 Å². The zero-order valence-electron chi connectivity index (χ0n) is 10.1. The van der Waals surface area contributed by atoms with E-state index in [4.69, 9.17) is 4.74 Å². The van der Waals surface area contributed by atoms with Gasteiger partial charge in [-0.25, -0.2) is 9.59 Å². The third kappa shape index (κ3) is 3.45. The highest BCUT2D eigenvalue weighted by Gasteiger charge is 2.34. The molecule has 0 bridgehead atoms. The molecule has 2 aliphatic rings. The minimum Gasteiger partial charge on any atom is -0.465 e. The van der Waals surface area contributed by atoms with Crippen molar-refractivity contribution in [2.45, 2.75) is 44.6 Å². The first-order valence-corrected chi connectivity index (χ1v) is 6.33. The maximum Gasteiger partial charge on any atom is 0.415 e. The van der Waals surface area contributed by atoms with Gasteiger partial charge in [0.2, 0.25) is 0 Å². The monoisotopic (exact) mass is 255 g/mol. The summed E-state index contributed by atoms with van der Waals surface area (Å²) in [6.45, 7) is 0.411. The number of hydrogen-bond donors (Lipinski definition) is 1. The summed E-state index contributed by atoms with van der Waals surface area (Å²) in [5, 5.41) is 2.26. The first kappa shape index (κ1) is 12.9. The van der Waals surface area contributed by atoms with E-state index in [0.717, 1.165) is 12.8 Å². The lowest BCUT2D eigenvalue weighted by Gasteiger charge is -2.21. The summed E-state index contributed by atoms with van der Waals surface area (Å²) in [4.78, 5) is 33.4. The van der Waals surface area contributed by atoms with Gasteiger partial charge in [-0.3, -0.25) is 4.79 Å². The fraction of sp³-hybridized carbons (Fsp3) is 0.750. The van der Waals surface area contributed by atoms with E-state index in [9.17, 15) is 14.4 Å². The highest BCUT2D eigenvalue weighted by atomic mass is 16.6. The lowest BCUT2D eigenvalue weighted by molar-refractivity contribution is -0.148. The Hall–Kier alpha value is -1.59. The number of rotatable bonds is 4. The molecule has 1 aliphatic carbocycles. The molecule has 6 heteroatoms. The Morgan fingerprint density at radius 2 is 2.00 bits per heavy atom. The van der Waals surface area contributed by atoms with Crippen molar-refractivity contribution in [3.05, 3.63) is 0 Å². The lowest BCUT2D eigenvalue weighted by atomic mass is 9.90. The van der Waals surface area contributed by atoms with Gasteiger partial charge in [0, 0.05) is 0 Å². The lowest BCUT2D eigenvalue weighted by Crippen LogP contribution is -2.32. The number of hydrogen-bond acceptors (Lipinski definition) is 5. The van der Waals surface area contributed by atoms with E-state index in [0.29, 0.717) is 12.5 Å². The van der Waals surface area contributed by atoms with Crippen molar-refractivity contribution in [1.82, 2.24) is 5.32 Å². The first-order chi connectivity index (χ1) is 8.65. The normalized spacial score (nSPS) is 24.6. The molecule has 2 fully saturated rings. The maximum absolute atomic E-state index is 11.5. The van der Waals surface area contributed by atoms with Crippen molar-refractivity contribution in [1.29, 1.82) is 0 Å². The quantitative estimate of drug-likeness (QED) is 0.601. The van der Waals surface area contributed by atoms with Gasteiger partial charge in [-0.2, -0.15) is 0 Å². The van der Waals surface area contributed by atoms with Gasteiger partial charge in [-0.15, -0.1) is 0 Å². The van der Waals surface area contributed by atoms with Crippen molar-refractivity contribution in [3.63, 3.8) is 0 Å². The topological polar surface area (TPSA) is 81.7 Å². The standard InChI is InChI=1S/C12H17NO5/c14-10(6-9-11(15)18-12(16)13-9)17-7-8-4-2-1-3-5-8/h8-9H,1-7H2,(H,13,16). The predicted molar refractivity (Wildman–Crippen MR) is 60.6 cm³/mol. The molecular formula is C12H17NO5. The van der Waals surface area contributed by atoms with Crippen LogP contribution in [0, 0.1) is 5.92 Å². The fourth-order valence-corrected chi connectivity index (χ4v) is 2.32. The third-order valence-corrected chi connectivity index (χ3v) is 3.35. The Bertz CT molecular complexity index is 348. The fourth-order valence-electron chi connectivity index (χ4n) is 2.32. The molecule has 0 aromatic carbocycles. The van der Waals surface area contributed by atoms with Crippen LogP contribution in [-0.4, -0.2) is 30.7 Å². The average molecular weight is 255 g/mol. The molecule has 1 unspecified atom stereocenters. The number of amides is 1. The Kier molecular flexibility index (Phi) is 4.17. The van der Waals surface area contributed by atoms with Crippen LogP contribution in [0.4, 0.5) is 4.79 Å². The van der Waals surface area contributed by atoms with Crippen molar-refractivity contribution in [2.24, 2.45) is 5.92 Å². The highest BCUT2D eigenvalue weighted by Crippen LogP contribution is 2.23. The largest absolute Gasteiger partial charge is 0.465 e. The van der Waals surface area contributed by atoms with Crippen LogP contribution in [0.15, 0.2) is 0 Å². The second-order valence-corrected chi connectivity index (χ2v) is 4.80. The van der Waals surface area contributed by atoms with E-state index in [-0.39, 0.29) is 6.42 Å². The molecular weight excluding hydrogens is 238 g/mol. The SMILES string of the molecule is O=C(CC1NC(=O)OC1=O)OCC1CCCCC1. The molecule has 1 heterocycles. The summed E-state index contributed by atoms with van der Waals surface area (Å²) in [5.41, 5.74) is 0. The summed E-state index contributed by atoms with van der Waals surface area (Å²) < 4.78 is 9.40. The molecule has 1 amide bonds. The number of carbonyl (C=O) groups is 3. The van der Waals surface area contributed by atoms with Crippen LogP contribution in [0.3, 0.4) is 0 Å².